The zero-order valence-electron chi connectivity index (χ0n) is 14.5. The fourth-order valence-electron chi connectivity index (χ4n) is 3.58. The van der Waals surface area contributed by atoms with Crippen LogP contribution in [0.1, 0.15) is 27.7 Å². The van der Waals surface area contributed by atoms with Crippen LogP contribution < -0.4 is 0 Å². The van der Waals surface area contributed by atoms with Crippen molar-refractivity contribution in [3.8, 4) is 0 Å². The molecular weight excluding hydrogens is 286 g/mol. The Kier molecular flexibility index (Phi) is 5.04. The monoisotopic (exact) mass is 315 g/mol. The van der Waals surface area contributed by atoms with Crippen LogP contribution in [0.3, 0.4) is 0 Å². The number of carbonyl (C=O) groups is 1. The SMILES string of the molecule is COC[C@H]1[C@@H](COC)[C@]2(C)CN(C(=O)OC(C)(C)C)C[C@H]1O2. The molecule has 0 aromatic carbocycles. The molecule has 0 aliphatic carbocycles. The predicted octanol–water partition coefficient (Wildman–Crippen LogP) is 1.92. The molecule has 0 saturated carbocycles. The van der Waals surface area contributed by atoms with Gasteiger partial charge >= 0.3 is 6.09 Å². The van der Waals surface area contributed by atoms with Crippen LogP contribution in [0.15, 0.2) is 0 Å². The van der Waals surface area contributed by atoms with Crippen LogP contribution in [0.25, 0.3) is 0 Å². The van der Waals surface area contributed by atoms with Gasteiger partial charge in [-0.1, -0.05) is 0 Å². The molecule has 2 bridgehead atoms. The molecule has 2 aliphatic rings. The van der Waals surface area contributed by atoms with Gasteiger partial charge in [-0.15, -0.1) is 0 Å². The highest BCUT2D eigenvalue weighted by atomic mass is 16.6. The Morgan fingerprint density at radius 2 is 1.91 bits per heavy atom. The summed E-state index contributed by atoms with van der Waals surface area (Å²) in [6, 6.07) is 0. The van der Waals surface area contributed by atoms with Crippen LogP contribution in [0.5, 0.6) is 0 Å². The van der Waals surface area contributed by atoms with Gasteiger partial charge in [0.25, 0.3) is 0 Å². The molecule has 6 nitrogen and oxygen atoms in total. The summed E-state index contributed by atoms with van der Waals surface area (Å²) in [5.41, 5.74) is -0.910. The number of nitrogens with zero attached hydrogens (tertiary/aromatic N) is 1. The summed E-state index contributed by atoms with van der Waals surface area (Å²) in [6.07, 6.45) is -0.312. The van der Waals surface area contributed by atoms with Gasteiger partial charge in [-0.25, -0.2) is 4.79 Å². The largest absolute Gasteiger partial charge is 0.444 e. The van der Waals surface area contributed by atoms with Crippen molar-refractivity contribution in [1.82, 2.24) is 4.90 Å². The third-order valence-corrected chi connectivity index (χ3v) is 4.46. The van der Waals surface area contributed by atoms with Gasteiger partial charge in [-0.2, -0.15) is 0 Å². The van der Waals surface area contributed by atoms with E-state index in [1.807, 2.05) is 20.8 Å². The molecule has 0 aromatic rings. The van der Waals surface area contributed by atoms with Crippen LogP contribution in [0.2, 0.25) is 0 Å². The van der Waals surface area contributed by atoms with Crippen molar-refractivity contribution >= 4 is 6.09 Å². The van der Waals surface area contributed by atoms with Crippen molar-refractivity contribution in [1.29, 1.82) is 0 Å². The Bertz CT molecular complexity index is 408. The molecule has 0 unspecified atom stereocenters. The second-order valence-electron chi connectivity index (χ2n) is 7.51. The number of amides is 1. The minimum atomic E-state index is -0.493. The first-order valence-corrected chi connectivity index (χ1v) is 7.84. The maximum absolute atomic E-state index is 12.4. The molecule has 2 rings (SSSR count). The maximum atomic E-state index is 12.4. The third-order valence-electron chi connectivity index (χ3n) is 4.46. The van der Waals surface area contributed by atoms with Crippen molar-refractivity contribution in [2.45, 2.75) is 45.0 Å². The number of fused-ring (bicyclic) bond motifs is 2. The number of likely N-dealkylation sites (tertiary alicyclic amines) is 1. The Balaban J connectivity index is 2.15. The van der Waals surface area contributed by atoms with Gasteiger partial charge in [0, 0.05) is 26.1 Å². The molecule has 22 heavy (non-hydrogen) atoms. The number of methoxy groups -OCH3 is 2. The number of carbonyl (C=O) groups excluding carboxylic acids is 1. The molecule has 0 radical (unpaired) electrons. The van der Waals surface area contributed by atoms with Gasteiger partial charge in [-0.05, 0) is 27.7 Å². The molecule has 2 saturated heterocycles. The van der Waals surface area contributed by atoms with E-state index in [-0.39, 0.29) is 24.0 Å². The lowest BCUT2D eigenvalue weighted by atomic mass is 9.82. The van der Waals surface area contributed by atoms with Crippen molar-refractivity contribution in [2.75, 3.05) is 40.5 Å². The smallest absolute Gasteiger partial charge is 0.410 e. The highest BCUT2D eigenvalue weighted by molar-refractivity contribution is 5.68. The zero-order chi connectivity index (χ0) is 16.5. The van der Waals surface area contributed by atoms with E-state index in [0.29, 0.717) is 26.3 Å². The molecule has 2 aliphatic heterocycles. The lowest BCUT2D eigenvalue weighted by molar-refractivity contribution is -0.117. The molecular formula is C16H29NO5. The van der Waals surface area contributed by atoms with Gasteiger partial charge in [0.05, 0.1) is 38.0 Å². The molecule has 0 spiro atoms. The van der Waals surface area contributed by atoms with E-state index >= 15 is 0 Å². The first-order valence-electron chi connectivity index (χ1n) is 7.84. The van der Waals surface area contributed by atoms with Crippen LogP contribution in [0.4, 0.5) is 4.79 Å². The molecule has 6 heteroatoms. The van der Waals surface area contributed by atoms with Crippen molar-refractivity contribution in [2.24, 2.45) is 11.8 Å². The van der Waals surface area contributed by atoms with Crippen molar-refractivity contribution in [3.63, 3.8) is 0 Å². The van der Waals surface area contributed by atoms with Crippen LogP contribution in [-0.4, -0.2) is 68.8 Å². The molecule has 1 amide bonds. The van der Waals surface area contributed by atoms with Gasteiger partial charge in [-0.3, -0.25) is 0 Å². The first-order chi connectivity index (χ1) is 10.2. The van der Waals surface area contributed by atoms with E-state index in [2.05, 4.69) is 6.92 Å². The highest BCUT2D eigenvalue weighted by Gasteiger charge is 2.57. The number of hydrogen-bond donors (Lipinski definition) is 0. The number of morpholine rings is 1. The van der Waals surface area contributed by atoms with Crippen LogP contribution in [0, 0.1) is 11.8 Å². The lowest BCUT2D eigenvalue weighted by Crippen LogP contribution is -2.54. The van der Waals surface area contributed by atoms with E-state index in [1.165, 1.54) is 0 Å². The number of ether oxygens (including phenoxy) is 4. The summed E-state index contributed by atoms with van der Waals surface area (Å²) in [5.74, 6) is 0.428. The van der Waals surface area contributed by atoms with Gasteiger partial charge in [0.1, 0.15) is 5.60 Å². The molecule has 128 valence electrons. The van der Waals surface area contributed by atoms with E-state index < -0.39 is 11.2 Å². The zero-order valence-corrected chi connectivity index (χ0v) is 14.5. The Morgan fingerprint density at radius 1 is 1.27 bits per heavy atom. The fraction of sp³-hybridized carbons (Fsp3) is 0.938. The second-order valence-corrected chi connectivity index (χ2v) is 7.51. The first kappa shape index (κ1) is 17.5. The fourth-order valence-corrected chi connectivity index (χ4v) is 3.58. The van der Waals surface area contributed by atoms with E-state index in [1.54, 1.807) is 19.1 Å². The van der Waals surface area contributed by atoms with E-state index in [0.717, 1.165) is 0 Å². The van der Waals surface area contributed by atoms with Gasteiger partial charge in [0.15, 0.2) is 0 Å². The minimum Gasteiger partial charge on any atom is -0.444 e. The summed E-state index contributed by atoms with van der Waals surface area (Å²) < 4.78 is 22.5. The van der Waals surface area contributed by atoms with E-state index in [9.17, 15) is 4.79 Å². The normalized spacial score (nSPS) is 34.8. The quantitative estimate of drug-likeness (QED) is 0.793. The summed E-state index contributed by atoms with van der Waals surface area (Å²) in [4.78, 5) is 14.2. The predicted molar refractivity (Wildman–Crippen MR) is 81.8 cm³/mol. The number of hydrogen-bond acceptors (Lipinski definition) is 5. The van der Waals surface area contributed by atoms with Gasteiger partial charge < -0.3 is 23.8 Å². The molecule has 0 aromatic heterocycles. The van der Waals surface area contributed by atoms with Crippen LogP contribution in [-0.2, 0) is 18.9 Å². The highest BCUT2D eigenvalue weighted by Crippen LogP contribution is 2.45. The lowest BCUT2D eigenvalue weighted by Gasteiger charge is -2.40. The summed E-state index contributed by atoms with van der Waals surface area (Å²) >= 11 is 0. The van der Waals surface area contributed by atoms with E-state index in [4.69, 9.17) is 18.9 Å². The third kappa shape index (κ3) is 3.55. The van der Waals surface area contributed by atoms with Gasteiger partial charge in [0.2, 0.25) is 0 Å². The molecule has 0 N–H and O–H groups in total. The average Bonchev–Trinajstić information content (AvgIpc) is 2.57. The maximum Gasteiger partial charge on any atom is 0.410 e. The topological polar surface area (TPSA) is 57.2 Å². The van der Waals surface area contributed by atoms with Crippen LogP contribution >= 0.6 is 0 Å². The Labute approximate surface area is 133 Å². The van der Waals surface area contributed by atoms with Crippen molar-refractivity contribution < 1.29 is 23.7 Å². The van der Waals surface area contributed by atoms with Crippen molar-refractivity contribution in [3.05, 3.63) is 0 Å². The molecule has 4 atom stereocenters. The molecule has 2 heterocycles. The Morgan fingerprint density at radius 3 is 2.45 bits per heavy atom. The summed E-state index contributed by atoms with van der Waals surface area (Å²) in [6.45, 7) is 9.95. The summed E-state index contributed by atoms with van der Waals surface area (Å²) in [5, 5.41) is 0. The average molecular weight is 315 g/mol. The Hall–Kier alpha value is -0.850. The molecule has 2 fully saturated rings. The minimum absolute atomic E-state index is 0.0358. The standard InChI is InChI=1S/C16H29NO5/c1-15(2,3)22-14(18)17-7-13-11(8-19-5)12(9-20-6)16(4,10-17)21-13/h11-13H,7-10H2,1-6H3/t11-,12+,13+,16-/m0/s1. The second kappa shape index (κ2) is 6.34. The number of rotatable bonds is 4. The summed E-state index contributed by atoms with van der Waals surface area (Å²) in [7, 11) is 3.39.